The number of likely N-dealkylation sites (tertiary alicyclic amines) is 1. The summed E-state index contributed by atoms with van der Waals surface area (Å²) in [5, 5.41) is 6.99. The Morgan fingerprint density at radius 1 is 1.35 bits per heavy atom. The first-order valence-corrected chi connectivity index (χ1v) is 8.91. The number of carbonyl (C=O) groups excluding carboxylic acids is 2. The zero-order valence-corrected chi connectivity index (χ0v) is 15.2. The third-order valence-corrected chi connectivity index (χ3v) is 4.77. The maximum atomic E-state index is 12.4. The van der Waals surface area contributed by atoms with Gasteiger partial charge in [-0.25, -0.2) is 0 Å². The second-order valence-corrected chi connectivity index (χ2v) is 6.71. The molecule has 1 aliphatic heterocycles. The lowest BCUT2D eigenvalue weighted by Crippen LogP contribution is -2.37. The van der Waals surface area contributed by atoms with Gasteiger partial charge in [-0.2, -0.15) is 0 Å². The molecule has 7 nitrogen and oxygen atoms in total. The summed E-state index contributed by atoms with van der Waals surface area (Å²) in [6, 6.07) is 5.53. The number of aryl methyl sites for hydroxylation is 2. The van der Waals surface area contributed by atoms with Gasteiger partial charge in [-0.1, -0.05) is 11.2 Å². The van der Waals surface area contributed by atoms with Crippen molar-refractivity contribution in [1.82, 2.24) is 20.4 Å². The van der Waals surface area contributed by atoms with E-state index in [0.717, 1.165) is 29.1 Å². The summed E-state index contributed by atoms with van der Waals surface area (Å²) in [4.78, 5) is 30.7. The first-order chi connectivity index (χ1) is 12.5. The largest absolute Gasteiger partial charge is 0.361 e. The van der Waals surface area contributed by atoms with Gasteiger partial charge in [0, 0.05) is 36.5 Å². The lowest BCUT2D eigenvalue weighted by molar-refractivity contribution is -0.131. The fraction of sp³-hybridized carbons (Fsp3) is 0.474. The summed E-state index contributed by atoms with van der Waals surface area (Å²) < 4.78 is 5.18. The minimum Gasteiger partial charge on any atom is -0.361 e. The van der Waals surface area contributed by atoms with Crippen LogP contribution in [0.25, 0.3) is 0 Å². The zero-order valence-electron chi connectivity index (χ0n) is 15.2. The summed E-state index contributed by atoms with van der Waals surface area (Å²) in [6.07, 6.45) is 3.76. The molecule has 26 heavy (non-hydrogen) atoms. The van der Waals surface area contributed by atoms with Gasteiger partial charge in [0.1, 0.15) is 5.76 Å². The van der Waals surface area contributed by atoms with Gasteiger partial charge in [0.15, 0.2) is 0 Å². The molecule has 3 rings (SSSR count). The van der Waals surface area contributed by atoms with Crippen molar-refractivity contribution in [2.75, 3.05) is 6.54 Å². The van der Waals surface area contributed by atoms with Crippen molar-refractivity contribution < 1.29 is 14.1 Å². The van der Waals surface area contributed by atoms with E-state index in [1.165, 1.54) is 0 Å². The standard InChI is InChI=1S/C19H24N4O3/c1-13-17(14(2)26-22-13)12-23-10-8-15(6-7-19(23)25)21-18(24)11-16-5-3-4-9-20-16/h3-5,9,15H,6-8,10-12H2,1-2H3,(H,21,24). The van der Waals surface area contributed by atoms with Crippen molar-refractivity contribution in [2.45, 2.75) is 52.1 Å². The van der Waals surface area contributed by atoms with E-state index in [1.807, 2.05) is 36.9 Å². The topological polar surface area (TPSA) is 88.3 Å². The van der Waals surface area contributed by atoms with Crippen LogP contribution in [0.1, 0.15) is 42.0 Å². The van der Waals surface area contributed by atoms with Crippen LogP contribution in [-0.4, -0.2) is 39.4 Å². The Kier molecular flexibility index (Phi) is 5.65. The first-order valence-electron chi connectivity index (χ1n) is 8.91. The quantitative estimate of drug-likeness (QED) is 0.884. The van der Waals surface area contributed by atoms with Crippen LogP contribution in [0.5, 0.6) is 0 Å². The fourth-order valence-electron chi connectivity index (χ4n) is 3.21. The van der Waals surface area contributed by atoms with Gasteiger partial charge in [-0.3, -0.25) is 14.6 Å². The van der Waals surface area contributed by atoms with Gasteiger partial charge in [0.05, 0.1) is 18.7 Å². The molecular formula is C19H24N4O3. The van der Waals surface area contributed by atoms with Crippen LogP contribution in [0, 0.1) is 13.8 Å². The van der Waals surface area contributed by atoms with E-state index in [1.54, 1.807) is 6.20 Å². The summed E-state index contributed by atoms with van der Waals surface area (Å²) >= 11 is 0. The Hall–Kier alpha value is -2.70. The Labute approximate surface area is 152 Å². The monoisotopic (exact) mass is 356 g/mol. The summed E-state index contributed by atoms with van der Waals surface area (Å²) in [5.41, 5.74) is 2.53. The maximum absolute atomic E-state index is 12.4. The molecule has 1 unspecified atom stereocenters. The zero-order chi connectivity index (χ0) is 18.5. The van der Waals surface area contributed by atoms with E-state index < -0.39 is 0 Å². The smallest absolute Gasteiger partial charge is 0.226 e. The highest BCUT2D eigenvalue weighted by Gasteiger charge is 2.25. The molecule has 0 aliphatic carbocycles. The summed E-state index contributed by atoms with van der Waals surface area (Å²) in [7, 11) is 0. The molecule has 0 saturated carbocycles. The molecule has 0 spiro atoms. The number of nitrogens with zero attached hydrogens (tertiary/aromatic N) is 3. The average Bonchev–Trinajstić information content (AvgIpc) is 2.83. The van der Waals surface area contributed by atoms with Crippen LogP contribution >= 0.6 is 0 Å². The van der Waals surface area contributed by atoms with Crippen LogP contribution in [-0.2, 0) is 22.6 Å². The van der Waals surface area contributed by atoms with E-state index in [4.69, 9.17) is 4.52 Å². The minimum atomic E-state index is -0.0553. The number of rotatable bonds is 5. The van der Waals surface area contributed by atoms with Crippen molar-refractivity contribution >= 4 is 11.8 Å². The highest BCUT2D eigenvalue weighted by Crippen LogP contribution is 2.19. The molecule has 0 aromatic carbocycles. The molecule has 3 heterocycles. The number of pyridine rings is 1. The molecule has 2 aromatic rings. The summed E-state index contributed by atoms with van der Waals surface area (Å²) in [6.45, 7) is 4.86. The molecular weight excluding hydrogens is 332 g/mol. The van der Waals surface area contributed by atoms with Gasteiger partial charge >= 0.3 is 0 Å². The van der Waals surface area contributed by atoms with Crippen molar-refractivity contribution in [2.24, 2.45) is 0 Å². The Morgan fingerprint density at radius 2 is 2.19 bits per heavy atom. The lowest BCUT2D eigenvalue weighted by Gasteiger charge is -2.21. The molecule has 0 radical (unpaired) electrons. The molecule has 138 valence electrons. The van der Waals surface area contributed by atoms with E-state index in [-0.39, 0.29) is 24.3 Å². The minimum absolute atomic E-state index is 0.00447. The number of carbonyl (C=O) groups is 2. The molecule has 1 fully saturated rings. The Bertz CT molecular complexity index is 753. The van der Waals surface area contributed by atoms with Crippen LogP contribution < -0.4 is 5.32 Å². The molecule has 7 heteroatoms. The van der Waals surface area contributed by atoms with Gasteiger partial charge in [-0.15, -0.1) is 0 Å². The molecule has 2 aromatic heterocycles. The second kappa shape index (κ2) is 8.12. The number of hydrogen-bond acceptors (Lipinski definition) is 5. The van der Waals surface area contributed by atoms with Gasteiger partial charge in [0.2, 0.25) is 11.8 Å². The van der Waals surface area contributed by atoms with E-state index in [9.17, 15) is 9.59 Å². The molecule has 0 bridgehead atoms. The molecule has 1 saturated heterocycles. The predicted molar refractivity (Wildman–Crippen MR) is 95.1 cm³/mol. The third kappa shape index (κ3) is 4.47. The van der Waals surface area contributed by atoms with E-state index in [0.29, 0.717) is 25.9 Å². The molecule has 1 atom stereocenters. The van der Waals surface area contributed by atoms with Crippen LogP contribution in [0.3, 0.4) is 0 Å². The van der Waals surface area contributed by atoms with E-state index >= 15 is 0 Å². The second-order valence-electron chi connectivity index (χ2n) is 6.71. The van der Waals surface area contributed by atoms with Crippen molar-refractivity contribution in [3.63, 3.8) is 0 Å². The van der Waals surface area contributed by atoms with Crippen LogP contribution in [0.15, 0.2) is 28.9 Å². The van der Waals surface area contributed by atoms with Gasteiger partial charge in [-0.05, 0) is 38.8 Å². The number of nitrogens with one attached hydrogen (secondary N) is 1. The molecule has 1 N–H and O–H groups in total. The van der Waals surface area contributed by atoms with Crippen molar-refractivity contribution in [1.29, 1.82) is 0 Å². The molecule has 1 aliphatic rings. The number of aromatic nitrogens is 2. The Balaban J connectivity index is 1.55. The highest BCUT2D eigenvalue weighted by atomic mass is 16.5. The first kappa shape index (κ1) is 18.1. The van der Waals surface area contributed by atoms with Crippen molar-refractivity contribution in [3.05, 3.63) is 47.1 Å². The van der Waals surface area contributed by atoms with Crippen LogP contribution in [0.2, 0.25) is 0 Å². The molecule has 2 amide bonds. The average molecular weight is 356 g/mol. The van der Waals surface area contributed by atoms with Gasteiger partial charge < -0.3 is 14.7 Å². The maximum Gasteiger partial charge on any atom is 0.226 e. The Morgan fingerprint density at radius 3 is 2.88 bits per heavy atom. The fourth-order valence-corrected chi connectivity index (χ4v) is 3.21. The normalized spacial score (nSPS) is 17.8. The van der Waals surface area contributed by atoms with Gasteiger partial charge in [0.25, 0.3) is 0 Å². The number of hydrogen-bond donors (Lipinski definition) is 1. The van der Waals surface area contributed by atoms with E-state index in [2.05, 4.69) is 15.5 Å². The predicted octanol–water partition coefficient (Wildman–Crippen LogP) is 1.93. The highest BCUT2D eigenvalue weighted by molar-refractivity contribution is 5.79. The lowest BCUT2D eigenvalue weighted by atomic mass is 10.1. The van der Waals surface area contributed by atoms with Crippen molar-refractivity contribution in [3.8, 4) is 0 Å². The summed E-state index contributed by atoms with van der Waals surface area (Å²) in [5.74, 6) is 0.798. The third-order valence-electron chi connectivity index (χ3n) is 4.77. The van der Waals surface area contributed by atoms with Crippen LogP contribution in [0.4, 0.5) is 0 Å². The number of amides is 2. The SMILES string of the molecule is Cc1noc(C)c1CN1CCC(NC(=O)Cc2ccccn2)CCC1=O.